The van der Waals surface area contributed by atoms with E-state index in [0.29, 0.717) is 10.6 Å². The van der Waals surface area contributed by atoms with Crippen LogP contribution in [0.1, 0.15) is 27.2 Å². The van der Waals surface area contributed by atoms with E-state index < -0.39 is 0 Å². The molecule has 1 aromatic rings. The van der Waals surface area contributed by atoms with Crippen molar-refractivity contribution < 1.29 is 19.1 Å². The van der Waals surface area contributed by atoms with Gasteiger partial charge in [0.15, 0.2) is 0 Å². The van der Waals surface area contributed by atoms with Gasteiger partial charge in [0, 0.05) is 12.0 Å². The van der Waals surface area contributed by atoms with E-state index in [4.69, 9.17) is 9.47 Å². The van der Waals surface area contributed by atoms with Gasteiger partial charge in [0.1, 0.15) is 11.6 Å². The number of esters is 1. The van der Waals surface area contributed by atoms with Gasteiger partial charge in [-0.25, -0.2) is 4.79 Å². The number of anilines is 1. The molecular formula is C12H15NO4S. The van der Waals surface area contributed by atoms with Crippen LogP contribution in [0, 0.1) is 0 Å². The van der Waals surface area contributed by atoms with Gasteiger partial charge < -0.3 is 14.8 Å². The zero-order valence-electron chi connectivity index (χ0n) is 10.4. The predicted molar refractivity (Wildman–Crippen MR) is 68.2 cm³/mol. The number of ether oxygens (including phenoxy) is 2. The van der Waals surface area contributed by atoms with Crippen molar-refractivity contribution in [2.75, 3.05) is 26.1 Å². The van der Waals surface area contributed by atoms with Gasteiger partial charge >= 0.3 is 5.97 Å². The molecule has 0 spiro atoms. The Kier molecular flexibility index (Phi) is 3.98. The van der Waals surface area contributed by atoms with Gasteiger partial charge in [0.25, 0.3) is 5.91 Å². The second-order valence-electron chi connectivity index (χ2n) is 4.03. The Labute approximate surface area is 109 Å². The number of aryl methyl sites for hydroxylation is 1. The Balaban J connectivity index is 2.29. The first-order valence-corrected chi connectivity index (χ1v) is 6.50. The van der Waals surface area contributed by atoms with Gasteiger partial charge in [0.05, 0.1) is 12.7 Å². The number of thiophene rings is 1. The molecule has 0 aromatic carbocycles. The Bertz CT molecular complexity index is 481. The summed E-state index contributed by atoms with van der Waals surface area (Å²) in [7, 11) is 2.80. The minimum atomic E-state index is -0.387. The molecule has 1 heterocycles. The van der Waals surface area contributed by atoms with Gasteiger partial charge in [-0.05, 0) is 24.8 Å². The lowest BCUT2D eigenvalue weighted by Crippen LogP contribution is -2.18. The van der Waals surface area contributed by atoms with E-state index in [9.17, 15) is 9.59 Å². The molecule has 1 aliphatic rings. The first-order valence-electron chi connectivity index (χ1n) is 5.69. The van der Waals surface area contributed by atoms with Crippen LogP contribution in [0.5, 0.6) is 0 Å². The van der Waals surface area contributed by atoms with E-state index >= 15 is 0 Å². The van der Waals surface area contributed by atoms with Gasteiger partial charge in [-0.15, -0.1) is 11.3 Å². The summed E-state index contributed by atoms with van der Waals surface area (Å²) in [6.07, 6.45) is 2.89. The lowest BCUT2D eigenvalue weighted by atomic mass is 10.1. The van der Waals surface area contributed by atoms with E-state index in [0.717, 1.165) is 24.8 Å². The van der Waals surface area contributed by atoms with Crippen LogP contribution in [0.25, 0.3) is 0 Å². The van der Waals surface area contributed by atoms with E-state index in [2.05, 4.69) is 5.32 Å². The SMILES string of the molecule is COCC(=O)Nc1sc2c(c1C(=O)OC)CCC2. The molecule has 0 bridgehead atoms. The lowest BCUT2D eigenvalue weighted by Gasteiger charge is -2.06. The monoisotopic (exact) mass is 269 g/mol. The Morgan fingerprint density at radius 2 is 2.11 bits per heavy atom. The van der Waals surface area contributed by atoms with Crippen molar-refractivity contribution in [1.29, 1.82) is 0 Å². The maximum atomic E-state index is 11.8. The molecule has 1 aliphatic carbocycles. The average molecular weight is 269 g/mol. The van der Waals surface area contributed by atoms with Crippen LogP contribution in [-0.4, -0.2) is 32.7 Å². The minimum absolute atomic E-state index is 0.0246. The van der Waals surface area contributed by atoms with Crippen LogP contribution in [0.15, 0.2) is 0 Å². The van der Waals surface area contributed by atoms with Crippen molar-refractivity contribution in [2.45, 2.75) is 19.3 Å². The standard InChI is InChI=1S/C12H15NO4S/c1-16-6-9(14)13-11-10(12(15)17-2)7-4-3-5-8(7)18-11/h3-6H2,1-2H3,(H,13,14). The molecule has 0 atom stereocenters. The third-order valence-electron chi connectivity index (χ3n) is 2.84. The number of hydrogen-bond donors (Lipinski definition) is 1. The van der Waals surface area contributed by atoms with Crippen molar-refractivity contribution in [3.05, 3.63) is 16.0 Å². The second kappa shape index (κ2) is 5.49. The number of rotatable bonds is 4. The fourth-order valence-electron chi connectivity index (χ4n) is 2.10. The number of nitrogens with one attached hydrogen (secondary N) is 1. The summed E-state index contributed by atoms with van der Waals surface area (Å²) in [5.74, 6) is -0.648. The topological polar surface area (TPSA) is 64.6 Å². The maximum absolute atomic E-state index is 11.8. The molecular weight excluding hydrogens is 254 g/mol. The summed E-state index contributed by atoms with van der Waals surface area (Å²) in [6, 6.07) is 0. The summed E-state index contributed by atoms with van der Waals surface area (Å²) < 4.78 is 9.54. The third-order valence-corrected chi connectivity index (χ3v) is 4.05. The summed E-state index contributed by atoms with van der Waals surface area (Å²) in [5.41, 5.74) is 1.54. The Hall–Kier alpha value is -1.40. The quantitative estimate of drug-likeness (QED) is 0.843. The van der Waals surface area contributed by atoms with Crippen molar-refractivity contribution in [3.8, 4) is 0 Å². The van der Waals surface area contributed by atoms with Gasteiger partial charge in [0.2, 0.25) is 0 Å². The number of amides is 1. The second-order valence-corrected chi connectivity index (χ2v) is 5.14. The maximum Gasteiger partial charge on any atom is 0.341 e. The van der Waals surface area contributed by atoms with Gasteiger partial charge in [-0.3, -0.25) is 4.79 Å². The number of methoxy groups -OCH3 is 2. The first kappa shape index (κ1) is 13.0. The van der Waals surface area contributed by atoms with Crippen molar-refractivity contribution in [1.82, 2.24) is 0 Å². The highest BCUT2D eigenvalue weighted by molar-refractivity contribution is 7.17. The van der Waals surface area contributed by atoms with Crippen molar-refractivity contribution in [2.24, 2.45) is 0 Å². The summed E-state index contributed by atoms with van der Waals surface area (Å²) in [6.45, 7) is -0.0246. The van der Waals surface area contributed by atoms with Crippen molar-refractivity contribution in [3.63, 3.8) is 0 Å². The molecule has 1 amide bonds. The molecule has 0 unspecified atom stereocenters. The number of carbonyl (C=O) groups excluding carboxylic acids is 2. The third kappa shape index (κ3) is 2.39. The molecule has 6 heteroatoms. The largest absolute Gasteiger partial charge is 0.465 e. The Morgan fingerprint density at radius 3 is 2.78 bits per heavy atom. The van der Waals surface area contributed by atoms with E-state index in [1.165, 1.54) is 30.4 Å². The highest BCUT2D eigenvalue weighted by Gasteiger charge is 2.27. The van der Waals surface area contributed by atoms with E-state index in [1.807, 2.05) is 0 Å². The average Bonchev–Trinajstić information content (AvgIpc) is 2.88. The van der Waals surface area contributed by atoms with E-state index in [1.54, 1.807) is 0 Å². The number of fused-ring (bicyclic) bond motifs is 1. The molecule has 0 fully saturated rings. The molecule has 0 saturated carbocycles. The minimum Gasteiger partial charge on any atom is -0.465 e. The van der Waals surface area contributed by atoms with Crippen LogP contribution in [0.2, 0.25) is 0 Å². The zero-order chi connectivity index (χ0) is 13.1. The molecule has 0 saturated heterocycles. The van der Waals surface area contributed by atoms with Crippen LogP contribution in [0.4, 0.5) is 5.00 Å². The van der Waals surface area contributed by atoms with Crippen LogP contribution in [0.3, 0.4) is 0 Å². The van der Waals surface area contributed by atoms with Crippen LogP contribution < -0.4 is 5.32 Å². The predicted octanol–water partition coefficient (Wildman–Crippen LogP) is 1.61. The fourth-order valence-corrected chi connectivity index (χ4v) is 3.40. The Morgan fingerprint density at radius 1 is 1.33 bits per heavy atom. The molecule has 0 radical (unpaired) electrons. The smallest absolute Gasteiger partial charge is 0.341 e. The molecule has 1 aromatic heterocycles. The summed E-state index contributed by atoms with van der Waals surface area (Å²) in [5, 5.41) is 3.29. The highest BCUT2D eigenvalue weighted by atomic mass is 32.1. The number of hydrogen-bond acceptors (Lipinski definition) is 5. The highest BCUT2D eigenvalue weighted by Crippen LogP contribution is 2.39. The fraction of sp³-hybridized carbons (Fsp3) is 0.500. The van der Waals surface area contributed by atoms with Gasteiger partial charge in [-0.1, -0.05) is 0 Å². The van der Waals surface area contributed by atoms with Crippen LogP contribution in [-0.2, 0) is 27.1 Å². The lowest BCUT2D eigenvalue weighted by molar-refractivity contribution is -0.119. The first-order chi connectivity index (χ1) is 8.67. The number of carbonyl (C=O) groups is 2. The van der Waals surface area contributed by atoms with Crippen LogP contribution >= 0.6 is 11.3 Å². The zero-order valence-corrected chi connectivity index (χ0v) is 11.2. The molecule has 5 nitrogen and oxygen atoms in total. The normalized spacial score (nSPS) is 13.2. The van der Waals surface area contributed by atoms with E-state index in [-0.39, 0.29) is 18.5 Å². The molecule has 18 heavy (non-hydrogen) atoms. The van der Waals surface area contributed by atoms with Crippen molar-refractivity contribution >= 4 is 28.2 Å². The molecule has 0 aliphatic heterocycles. The summed E-state index contributed by atoms with van der Waals surface area (Å²) in [4.78, 5) is 24.5. The molecule has 2 rings (SSSR count). The molecule has 98 valence electrons. The molecule has 1 N–H and O–H groups in total. The van der Waals surface area contributed by atoms with Gasteiger partial charge in [-0.2, -0.15) is 0 Å². The summed E-state index contributed by atoms with van der Waals surface area (Å²) >= 11 is 1.46.